The average Bonchev–Trinajstić information content (AvgIpc) is 2.60. The molecule has 0 aliphatic rings. The summed E-state index contributed by atoms with van der Waals surface area (Å²) in [7, 11) is 0. The Morgan fingerprint density at radius 2 is 2.00 bits per heavy atom. The van der Waals surface area contributed by atoms with E-state index in [-0.39, 0.29) is 5.41 Å². The van der Waals surface area contributed by atoms with Crippen molar-refractivity contribution in [3.8, 4) is 0 Å². The van der Waals surface area contributed by atoms with Gasteiger partial charge in [-0.1, -0.05) is 61.1 Å². The molecule has 2 nitrogen and oxygen atoms in total. The van der Waals surface area contributed by atoms with E-state index in [9.17, 15) is 0 Å². The molecule has 0 aliphatic heterocycles. The summed E-state index contributed by atoms with van der Waals surface area (Å²) in [5, 5.41) is 3.39. The predicted molar refractivity (Wildman–Crippen MR) is 81.6 cm³/mol. The van der Waals surface area contributed by atoms with Gasteiger partial charge in [-0.2, -0.15) is 0 Å². The van der Waals surface area contributed by atoms with Crippen molar-refractivity contribution in [3.63, 3.8) is 0 Å². The summed E-state index contributed by atoms with van der Waals surface area (Å²) in [5.41, 5.74) is 2.49. The molecule has 1 heterocycles. The summed E-state index contributed by atoms with van der Waals surface area (Å²) in [6.45, 7) is 7.31. The first-order valence-electron chi connectivity index (χ1n) is 5.91. The SMILES string of the molecule is CC(C)(C)c1cc(=S)n(Cc2cccc(Br)c2)[nH]1. The molecule has 0 atom stereocenters. The Labute approximate surface area is 121 Å². The van der Waals surface area contributed by atoms with Crippen molar-refractivity contribution in [1.82, 2.24) is 9.78 Å². The molecule has 0 bridgehead atoms. The van der Waals surface area contributed by atoms with Gasteiger partial charge >= 0.3 is 0 Å². The lowest BCUT2D eigenvalue weighted by molar-refractivity contribution is 0.544. The first kappa shape index (κ1) is 13.6. The highest BCUT2D eigenvalue weighted by atomic mass is 79.9. The van der Waals surface area contributed by atoms with Crippen molar-refractivity contribution in [1.29, 1.82) is 0 Å². The number of nitrogens with one attached hydrogen (secondary N) is 1. The molecule has 2 aromatic rings. The van der Waals surface area contributed by atoms with Crippen molar-refractivity contribution in [2.45, 2.75) is 32.7 Å². The fourth-order valence-electron chi connectivity index (χ4n) is 1.75. The third-order valence-electron chi connectivity index (χ3n) is 2.83. The molecule has 2 rings (SSSR count). The molecule has 0 unspecified atom stereocenters. The van der Waals surface area contributed by atoms with Crippen LogP contribution in [0.3, 0.4) is 0 Å². The van der Waals surface area contributed by atoms with Crippen LogP contribution in [0.1, 0.15) is 32.0 Å². The highest BCUT2D eigenvalue weighted by Crippen LogP contribution is 2.21. The minimum Gasteiger partial charge on any atom is -0.301 e. The second-order valence-corrected chi connectivity index (χ2v) is 6.81. The second-order valence-electron chi connectivity index (χ2n) is 5.47. The molecule has 0 aliphatic carbocycles. The first-order valence-corrected chi connectivity index (χ1v) is 7.11. The molecular formula is C14H17BrN2S. The molecule has 0 amide bonds. The van der Waals surface area contributed by atoms with E-state index in [2.05, 4.69) is 53.9 Å². The lowest BCUT2D eigenvalue weighted by atomic mass is 9.93. The van der Waals surface area contributed by atoms with Crippen molar-refractivity contribution in [2.75, 3.05) is 0 Å². The van der Waals surface area contributed by atoms with Gasteiger partial charge in [-0.25, -0.2) is 0 Å². The number of hydrogen-bond donors (Lipinski definition) is 1. The number of H-pyrrole nitrogens is 1. The second kappa shape index (κ2) is 5.02. The third kappa shape index (κ3) is 3.12. The summed E-state index contributed by atoms with van der Waals surface area (Å²) in [6, 6.07) is 10.3. The van der Waals surface area contributed by atoms with Crippen molar-refractivity contribution in [2.24, 2.45) is 0 Å². The fourth-order valence-corrected chi connectivity index (χ4v) is 2.43. The Hall–Kier alpha value is -0.870. The summed E-state index contributed by atoms with van der Waals surface area (Å²) in [6.07, 6.45) is 0. The maximum atomic E-state index is 5.39. The summed E-state index contributed by atoms with van der Waals surface area (Å²) in [5.74, 6) is 0. The van der Waals surface area contributed by atoms with E-state index >= 15 is 0 Å². The zero-order chi connectivity index (χ0) is 13.3. The van der Waals surface area contributed by atoms with Crippen molar-refractivity contribution in [3.05, 3.63) is 50.7 Å². The molecule has 96 valence electrons. The van der Waals surface area contributed by atoms with Crippen LogP contribution >= 0.6 is 28.1 Å². The molecule has 1 aromatic heterocycles. The zero-order valence-electron chi connectivity index (χ0n) is 10.8. The van der Waals surface area contributed by atoms with Crippen LogP contribution in [0.5, 0.6) is 0 Å². The molecule has 0 saturated carbocycles. The molecule has 18 heavy (non-hydrogen) atoms. The van der Waals surface area contributed by atoms with Crippen LogP contribution in [0.2, 0.25) is 0 Å². The summed E-state index contributed by atoms with van der Waals surface area (Å²) in [4.78, 5) is 0. The van der Waals surface area contributed by atoms with Crippen LogP contribution in [0.4, 0.5) is 0 Å². The Kier molecular flexibility index (Phi) is 3.78. The van der Waals surface area contributed by atoms with Gasteiger partial charge < -0.3 is 5.10 Å². The third-order valence-corrected chi connectivity index (χ3v) is 3.66. The zero-order valence-corrected chi connectivity index (χ0v) is 13.2. The van der Waals surface area contributed by atoms with Crippen LogP contribution in [0.25, 0.3) is 0 Å². The minimum atomic E-state index is 0.0933. The van der Waals surface area contributed by atoms with Gasteiger partial charge in [0, 0.05) is 15.6 Å². The topological polar surface area (TPSA) is 20.7 Å². The van der Waals surface area contributed by atoms with Crippen LogP contribution in [0.15, 0.2) is 34.8 Å². The van der Waals surface area contributed by atoms with E-state index < -0.39 is 0 Å². The fraction of sp³-hybridized carbons (Fsp3) is 0.357. The quantitative estimate of drug-likeness (QED) is 0.797. The standard InChI is InChI=1S/C14H17BrN2S/c1-14(2,3)12-8-13(18)17(16-12)9-10-5-4-6-11(15)7-10/h4-8,16H,9H2,1-3H3. The minimum absolute atomic E-state index is 0.0933. The molecule has 1 N–H and O–H groups in total. The van der Waals surface area contributed by atoms with E-state index in [1.807, 2.05) is 22.9 Å². The Morgan fingerprint density at radius 1 is 1.28 bits per heavy atom. The lowest BCUT2D eigenvalue weighted by Crippen LogP contribution is -2.13. The number of aromatic amines is 1. The Balaban J connectivity index is 2.30. The van der Waals surface area contributed by atoms with Gasteiger partial charge in [0.2, 0.25) is 0 Å². The van der Waals surface area contributed by atoms with Gasteiger partial charge in [-0.05, 0) is 23.8 Å². The van der Waals surface area contributed by atoms with Gasteiger partial charge in [0.05, 0.1) is 6.54 Å². The Bertz CT molecular complexity index is 605. The number of halogens is 1. The van der Waals surface area contributed by atoms with Gasteiger partial charge in [0.25, 0.3) is 0 Å². The van der Waals surface area contributed by atoms with E-state index in [1.54, 1.807) is 0 Å². The highest BCUT2D eigenvalue weighted by Gasteiger charge is 2.16. The predicted octanol–water partition coefficient (Wildman–Crippen LogP) is 4.65. The molecule has 0 saturated heterocycles. The maximum absolute atomic E-state index is 5.39. The Morgan fingerprint density at radius 3 is 2.56 bits per heavy atom. The number of hydrogen-bond acceptors (Lipinski definition) is 1. The van der Waals surface area contributed by atoms with Gasteiger partial charge in [-0.3, -0.25) is 4.68 Å². The normalized spacial score (nSPS) is 11.8. The van der Waals surface area contributed by atoms with Crippen LogP contribution < -0.4 is 0 Å². The summed E-state index contributed by atoms with van der Waals surface area (Å²) < 4.78 is 3.95. The first-order chi connectivity index (χ1) is 8.36. The molecule has 4 heteroatoms. The van der Waals surface area contributed by atoms with Crippen LogP contribution in [0, 0.1) is 4.64 Å². The lowest BCUT2D eigenvalue weighted by Gasteiger charge is -2.15. The van der Waals surface area contributed by atoms with Crippen molar-refractivity contribution < 1.29 is 0 Å². The van der Waals surface area contributed by atoms with Gasteiger partial charge in [0.15, 0.2) is 0 Å². The monoisotopic (exact) mass is 324 g/mol. The molecule has 0 spiro atoms. The van der Waals surface area contributed by atoms with E-state index in [1.165, 1.54) is 11.3 Å². The molecular weight excluding hydrogens is 308 g/mol. The van der Waals surface area contributed by atoms with E-state index in [4.69, 9.17) is 12.2 Å². The molecule has 0 fully saturated rings. The van der Waals surface area contributed by atoms with Crippen LogP contribution in [-0.4, -0.2) is 9.78 Å². The smallest absolute Gasteiger partial charge is 0.122 e. The van der Waals surface area contributed by atoms with Gasteiger partial charge in [0.1, 0.15) is 4.64 Å². The van der Waals surface area contributed by atoms with Crippen molar-refractivity contribution >= 4 is 28.1 Å². The van der Waals surface area contributed by atoms with E-state index in [0.717, 1.165) is 15.7 Å². The van der Waals surface area contributed by atoms with E-state index in [0.29, 0.717) is 0 Å². The average molecular weight is 325 g/mol. The largest absolute Gasteiger partial charge is 0.301 e. The highest BCUT2D eigenvalue weighted by molar-refractivity contribution is 9.10. The number of benzene rings is 1. The maximum Gasteiger partial charge on any atom is 0.122 e. The van der Waals surface area contributed by atoms with Crippen LogP contribution in [-0.2, 0) is 12.0 Å². The number of rotatable bonds is 2. The number of aromatic nitrogens is 2. The number of nitrogens with zero attached hydrogens (tertiary/aromatic N) is 1. The molecule has 0 radical (unpaired) electrons. The van der Waals surface area contributed by atoms with Gasteiger partial charge in [-0.15, -0.1) is 0 Å². The summed E-state index contributed by atoms with van der Waals surface area (Å²) >= 11 is 8.88. The molecule has 1 aromatic carbocycles.